The Kier molecular flexibility index (Phi) is 19.6. The van der Waals surface area contributed by atoms with E-state index in [1.54, 1.807) is 43.5 Å². The van der Waals surface area contributed by atoms with Crippen LogP contribution in [0.1, 0.15) is 69.8 Å². The quantitative estimate of drug-likeness (QED) is 0.264. The number of hydrogen-bond acceptors (Lipinski definition) is 6. The van der Waals surface area contributed by atoms with E-state index in [0.717, 1.165) is 12.1 Å². The van der Waals surface area contributed by atoms with Gasteiger partial charge in [0.05, 0.1) is 29.8 Å². The standard InChI is InChI=1S/C16H20ClFN2.C10H13NO2.C6H4ClF.C2H6.CH2O/c1-16(2,3)7-14-11(8-19)12(9-20-14)10-5-4-6-13(17)15(10)18;1-7(12)8-4-5-9(11-2)10(6-8)13-3;7-5-2-1-3-6(8)4-5;2*1-2/h4-6,11-12,14,20H,7,9H2,1-3H3;4-6,11H,1-3H3;1-4H;1-2H3;1H2. The Bertz CT molecular complexity index is 1360. The first kappa shape index (κ1) is 41.5. The van der Waals surface area contributed by atoms with Gasteiger partial charge in [-0.15, -0.1) is 0 Å². The van der Waals surface area contributed by atoms with Crippen molar-refractivity contribution < 1.29 is 23.1 Å². The van der Waals surface area contributed by atoms with Crippen LogP contribution in [0.5, 0.6) is 5.75 Å². The van der Waals surface area contributed by atoms with E-state index in [-0.39, 0.29) is 39.9 Å². The van der Waals surface area contributed by atoms with Gasteiger partial charge in [0.1, 0.15) is 24.2 Å². The minimum absolute atomic E-state index is 0.0425. The van der Waals surface area contributed by atoms with Crippen LogP contribution < -0.4 is 15.4 Å². The van der Waals surface area contributed by atoms with Crippen molar-refractivity contribution in [3.05, 3.63) is 93.5 Å². The molecule has 2 N–H and O–H groups in total. The maximum Gasteiger partial charge on any atom is 0.159 e. The lowest BCUT2D eigenvalue weighted by Gasteiger charge is -2.26. The van der Waals surface area contributed by atoms with Crippen LogP contribution in [0.15, 0.2) is 60.7 Å². The maximum absolute atomic E-state index is 14.2. The van der Waals surface area contributed by atoms with Gasteiger partial charge in [-0.25, -0.2) is 8.78 Å². The zero-order valence-electron chi connectivity index (χ0n) is 27.3. The predicted octanol–water partition coefficient (Wildman–Crippen LogP) is 9.37. The number of ketones is 1. The van der Waals surface area contributed by atoms with Crippen LogP contribution in [0.4, 0.5) is 14.5 Å². The minimum atomic E-state index is -0.391. The lowest BCUT2D eigenvalue weighted by molar-refractivity contribution is -0.0980. The Morgan fingerprint density at radius 2 is 1.71 bits per heavy atom. The second-order valence-corrected chi connectivity index (χ2v) is 11.7. The molecule has 6 nitrogen and oxygen atoms in total. The van der Waals surface area contributed by atoms with Crippen molar-refractivity contribution in [1.82, 2.24) is 5.32 Å². The molecule has 3 atom stereocenters. The van der Waals surface area contributed by atoms with Gasteiger partial charge >= 0.3 is 0 Å². The molecule has 0 bridgehead atoms. The third kappa shape index (κ3) is 14.0. The number of anilines is 1. The lowest BCUT2D eigenvalue weighted by atomic mass is 9.79. The van der Waals surface area contributed by atoms with Crippen LogP contribution in [0.25, 0.3) is 0 Å². The first-order valence-electron chi connectivity index (χ1n) is 14.4. The SMILES string of the molecule is C=O.CC.CC(C)(C)CC1NCC(c2cccc(Cl)c2F)C1C#N.CNc1ccc(C(C)=O)cc1OC.Fc1cccc(Cl)c1. The summed E-state index contributed by atoms with van der Waals surface area (Å²) in [7, 11) is 3.39. The van der Waals surface area contributed by atoms with Crippen LogP contribution in [-0.4, -0.2) is 39.3 Å². The highest BCUT2D eigenvalue weighted by Crippen LogP contribution is 2.38. The molecule has 0 radical (unpaired) electrons. The molecular weight excluding hydrogens is 619 g/mol. The van der Waals surface area contributed by atoms with Crippen molar-refractivity contribution in [3.8, 4) is 11.8 Å². The number of nitrogens with zero attached hydrogens (tertiary/aromatic N) is 1. The molecule has 4 rings (SSSR count). The van der Waals surface area contributed by atoms with E-state index in [1.165, 1.54) is 25.1 Å². The van der Waals surface area contributed by atoms with E-state index < -0.39 is 5.82 Å². The molecule has 0 amide bonds. The van der Waals surface area contributed by atoms with Gasteiger partial charge in [0.2, 0.25) is 0 Å². The number of rotatable bonds is 5. The van der Waals surface area contributed by atoms with Gasteiger partial charge in [0.25, 0.3) is 0 Å². The normalized spacial score (nSPS) is 16.4. The smallest absolute Gasteiger partial charge is 0.159 e. The number of nitrogens with one attached hydrogen (secondary N) is 2. The van der Waals surface area contributed by atoms with Gasteiger partial charge in [-0.2, -0.15) is 5.26 Å². The number of carbonyl (C=O) groups excluding carboxylic acids is 2. The van der Waals surface area contributed by atoms with E-state index >= 15 is 0 Å². The number of methoxy groups -OCH3 is 1. The maximum atomic E-state index is 14.2. The van der Waals surface area contributed by atoms with Gasteiger partial charge < -0.3 is 20.2 Å². The summed E-state index contributed by atoms with van der Waals surface area (Å²) in [5.74, 6) is -0.306. The molecule has 3 aromatic rings. The fraction of sp³-hybridized carbons (Fsp3) is 0.400. The van der Waals surface area contributed by atoms with E-state index in [2.05, 4.69) is 37.5 Å². The Morgan fingerprint density at radius 1 is 1.09 bits per heavy atom. The molecule has 1 fully saturated rings. The summed E-state index contributed by atoms with van der Waals surface area (Å²) in [4.78, 5) is 19.0. The molecule has 1 aliphatic heterocycles. The molecule has 0 aliphatic carbocycles. The summed E-state index contributed by atoms with van der Waals surface area (Å²) >= 11 is 11.3. The first-order valence-corrected chi connectivity index (χ1v) is 15.2. The summed E-state index contributed by atoms with van der Waals surface area (Å²) in [5.41, 5.74) is 2.23. The van der Waals surface area contributed by atoms with Gasteiger partial charge in [0.15, 0.2) is 5.78 Å². The minimum Gasteiger partial charge on any atom is -0.495 e. The number of nitriles is 1. The van der Waals surface area contributed by atoms with E-state index in [0.29, 0.717) is 28.4 Å². The second-order valence-electron chi connectivity index (χ2n) is 10.8. The summed E-state index contributed by atoms with van der Waals surface area (Å²) in [6.07, 6.45) is 0.893. The van der Waals surface area contributed by atoms with Crippen LogP contribution >= 0.6 is 23.2 Å². The number of carbonyl (C=O) groups is 2. The van der Waals surface area contributed by atoms with Crippen LogP contribution in [0.2, 0.25) is 10.0 Å². The van der Waals surface area contributed by atoms with Crippen LogP contribution in [0.3, 0.4) is 0 Å². The van der Waals surface area contributed by atoms with Crippen LogP contribution in [-0.2, 0) is 4.79 Å². The van der Waals surface area contributed by atoms with Crippen molar-refractivity contribution in [2.75, 3.05) is 26.0 Å². The number of ether oxygens (including phenoxy) is 1. The predicted molar refractivity (Wildman–Crippen MR) is 182 cm³/mol. The lowest BCUT2D eigenvalue weighted by Crippen LogP contribution is -2.31. The molecular formula is C35H45Cl2F2N3O3. The zero-order chi connectivity index (χ0) is 34.7. The van der Waals surface area contributed by atoms with Gasteiger partial charge in [-0.3, -0.25) is 4.79 Å². The fourth-order valence-electron chi connectivity index (χ4n) is 4.54. The van der Waals surface area contributed by atoms with Crippen molar-refractivity contribution in [1.29, 1.82) is 5.26 Å². The summed E-state index contributed by atoms with van der Waals surface area (Å²) in [5, 5.41) is 16.4. The highest BCUT2D eigenvalue weighted by molar-refractivity contribution is 6.31. The summed E-state index contributed by atoms with van der Waals surface area (Å²) in [6, 6.07) is 18.6. The summed E-state index contributed by atoms with van der Waals surface area (Å²) in [6.45, 7) is 14.6. The van der Waals surface area contributed by atoms with E-state index in [9.17, 15) is 18.8 Å². The van der Waals surface area contributed by atoms with Gasteiger partial charge in [-0.1, -0.05) is 76.0 Å². The first-order chi connectivity index (χ1) is 21.3. The Balaban J connectivity index is 0.000000664. The highest BCUT2D eigenvalue weighted by Gasteiger charge is 2.39. The van der Waals surface area contributed by atoms with Crippen LogP contribution in [0, 0.1) is 34.3 Å². The molecule has 3 aromatic carbocycles. The molecule has 1 heterocycles. The largest absolute Gasteiger partial charge is 0.495 e. The second kappa shape index (κ2) is 21.3. The Morgan fingerprint density at radius 3 is 2.18 bits per heavy atom. The molecule has 246 valence electrons. The number of halogens is 4. The molecule has 10 heteroatoms. The average Bonchev–Trinajstić information content (AvgIpc) is 3.41. The number of Topliss-reactive ketones (excluding diaryl/α,β-unsaturated/α-hetero) is 1. The Labute approximate surface area is 277 Å². The molecule has 1 saturated heterocycles. The number of hydrogen-bond donors (Lipinski definition) is 2. The highest BCUT2D eigenvalue weighted by atomic mass is 35.5. The molecule has 0 spiro atoms. The fourth-order valence-corrected chi connectivity index (χ4v) is 4.90. The van der Waals surface area contributed by atoms with Crippen molar-refractivity contribution >= 4 is 41.5 Å². The Hall–Kier alpha value is -3.51. The zero-order valence-corrected chi connectivity index (χ0v) is 28.8. The average molecular weight is 665 g/mol. The molecule has 0 aromatic heterocycles. The molecule has 3 unspecified atom stereocenters. The summed E-state index contributed by atoms with van der Waals surface area (Å²) < 4.78 is 31.4. The number of benzene rings is 3. The monoisotopic (exact) mass is 663 g/mol. The van der Waals surface area contributed by atoms with Gasteiger partial charge in [0, 0.05) is 36.1 Å². The molecule has 45 heavy (non-hydrogen) atoms. The molecule has 1 aliphatic rings. The van der Waals surface area contributed by atoms with Crippen molar-refractivity contribution in [2.24, 2.45) is 11.3 Å². The van der Waals surface area contributed by atoms with E-state index in [1.807, 2.05) is 33.8 Å². The molecule has 0 saturated carbocycles. The third-order valence-corrected chi connectivity index (χ3v) is 7.02. The van der Waals surface area contributed by atoms with Gasteiger partial charge in [-0.05, 0) is 66.8 Å². The van der Waals surface area contributed by atoms with Crippen molar-refractivity contribution in [2.45, 2.75) is 59.9 Å². The van der Waals surface area contributed by atoms with Crippen molar-refractivity contribution in [3.63, 3.8) is 0 Å². The topological polar surface area (TPSA) is 91.2 Å². The third-order valence-electron chi connectivity index (χ3n) is 6.49. The van der Waals surface area contributed by atoms with E-state index in [4.69, 9.17) is 32.7 Å².